The van der Waals surface area contributed by atoms with Gasteiger partial charge in [0.25, 0.3) is 0 Å². The maximum absolute atomic E-state index is 13.8. The minimum Gasteiger partial charge on any atom is -0.463 e. The van der Waals surface area contributed by atoms with Crippen LogP contribution in [-0.2, 0) is 105 Å². The first-order valence-electron chi connectivity index (χ1n) is 28.1. The highest BCUT2D eigenvalue weighted by atomic mass is 32.2. The number of thioether (sulfide) groups is 1. The third-order valence-electron chi connectivity index (χ3n) is 14.2. The van der Waals surface area contributed by atoms with Crippen molar-refractivity contribution >= 4 is 17.7 Å². The number of carbonyl (C=O) groups excluding carboxylic acids is 1. The average Bonchev–Trinajstić information content (AvgIpc) is 4.08. The fraction of sp³-hybridized carbons (Fsp3) is 0.394. The van der Waals surface area contributed by atoms with Crippen molar-refractivity contribution in [1.82, 2.24) is 4.57 Å². The molecule has 2 aliphatic heterocycles. The normalized spacial score (nSPS) is 22.9. The van der Waals surface area contributed by atoms with Gasteiger partial charge < -0.3 is 47.4 Å². The predicted molar refractivity (Wildman–Crippen MR) is 307 cm³/mol. The van der Waals surface area contributed by atoms with E-state index in [2.05, 4.69) is 24.0 Å². The van der Waals surface area contributed by atoms with Crippen molar-refractivity contribution in [3.63, 3.8) is 0 Å². The van der Waals surface area contributed by atoms with Crippen LogP contribution in [0.3, 0.4) is 0 Å². The van der Waals surface area contributed by atoms with Crippen LogP contribution in [0.5, 0.6) is 0 Å². The van der Waals surface area contributed by atoms with Gasteiger partial charge in [0.2, 0.25) is 6.33 Å². The molecular weight excluding hydrogens is 1030 g/mol. The maximum atomic E-state index is 13.8. The van der Waals surface area contributed by atoms with E-state index in [-0.39, 0.29) is 58.6 Å². The number of esters is 1. The number of nitrogens with zero attached hydrogens (tertiary/aromatic N) is 2. The van der Waals surface area contributed by atoms with Crippen LogP contribution >= 0.6 is 11.8 Å². The lowest BCUT2D eigenvalue weighted by molar-refractivity contribution is -0.671. The summed E-state index contributed by atoms with van der Waals surface area (Å²) < 4.78 is 74.3. The van der Waals surface area contributed by atoms with Gasteiger partial charge in [-0.15, -0.1) is 11.8 Å². The maximum Gasteiger partial charge on any atom is 0.305 e. The highest BCUT2D eigenvalue weighted by molar-refractivity contribution is 7.99. The van der Waals surface area contributed by atoms with Crippen molar-refractivity contribution in [2.45, 2.75) is 139 Å². The molecule has 0 radical (unpaired) electrons. The predicted octanol–water partition coefficient (Wildman–Crippen LogP) is 11.1. The smallest absolute Gasteiger partial charge is 0.305 e. The fourth-order valence-corrected chi connectivity index (χ4v) is 11.0. The molecule has 0 N–H and O–H groups in total. The first-order chi connectivity index (χ1) is 39.5. The van der Waals surface area contributed by atoms with Gasteiger partial charge in [-0.2, -0.15) is 0 Å². The van der Waals surface area contributed by atoms with Crippen LogP contribution in [0.1, 0.15) is 66.0 Å². The lowest BCUT2D eigenvalue weighted by atomic mass is 9.96. The molecule has 2 saturated heterocycles. The summed E-state index contributed by atoms with van der Waals surface area (Å²) in [5, 5.41) is 0. The summed E-state index contributed by atoms with van der Waals surface area (Å²) in [6.45, 7) is 4.57. The third kappa shape index (κ3) is 18.0. The molecule has 1 aromatic heterocycles. The average molecular weight is 1110 g/mol. The molecule has 0 saturated carbocycles. The van der Waals surface area contributed by atoms with Gasteiger partial charge >= 0.3 is 5.97 Å². The van der Waals surface area contributed by atoms with Gasteiger partial charge in [-0.05, 0) is 58.4 Å². The molecule has 10 atom stereocenters. The summed E-state index contributed by atoms with van der Waals surface area (Å²) in [6, 6.07) is 60.3. The van der Waals surface area contributed by atoms with Gasteiger partial charge in [0, 0.05) is 6.42 Å². The Hall–Kier alpha value is -6.01. The van der Waals surface area contributed by atoms with Crippen molar-refractivity contribution in [2.75, 3.05) is 19.0 Å². The van der Waals surface area contributed by atoms with E-state index >= 15 is 0 Å². The van der Waals surface area contributed by atoms with E-state index in [1.165, 1.54) is 0 Å². The second kappa shape index (κ2) is 31.8. The van der Waals surface area contributed by atoms with Gasteiger partial charge in [0.15, 0.2) is 6.29 Å². The number of hydrogen-bond donors (Lipinski definition) is 0. The Labute approximate surface area is 476 Å². The van der Waals surface area contributed by atoms with E-state index in [0.717, 1.165) is 58.5 Å². The Morgan fingerprint density at radius 3 is 1.41 bits per heavy atom. The van der Waals surface area contributed by atoms with E-state index < -0.39 is 60.6 Å². The van der Waals surface area contributed by atoms with Crippen molar-refractivity contribution in [3.8, 4) is 0 Å². The number of unbranched alkanes of at least 4 members (excludes halogenated alkanes) is 2. The standard InChI is InChI=1S/C66H77N2O11S/c1-3-80-66-64(76-46-55-35-21-9-22-36-55)62(74-44-53-31-17-7-18-32-53)60(57(78-66)48-71-58(69)37-23-10-24-38-68-40-39-67(2)49-68)79-65-63(75-45-54-33-19-8-20-34-54)61(73-43-52-29-15-6-16-30-52)59(72-42-51-27-13-5-14-28-51)56(77-65)47-70-41-50-25-11-4-12-26-50/h4-9,11-22,25-36,39-40,49,56-57,59-66H,3,10,23-24,37-38,41-48H2,1-2H3/q+1/t56-,57-,59-,60-,61+,62+,63+,64-,65-,66+/m1/s1. The van der Waals surface area contributed by atoms with Crippen molar-refractivity contribution < 1.29 is 56.7 Å². The van der Waals surface area contributed by atoms with E-state index in [9.17, 15) is 4.79 Å². The quantitative estimate of drug-likeness (QED) is 0.0234. The molecule has 9 rings (SSSR count). The number of hydrogen-bond acceptors (Lipinski definition) is 12. The lowest BCUT2D eigenvalue weighted by Gasteiger charge is -2.50. The first kappa shape index (κ1) is 58.6. The number of rotatable bonds is 31. The largest absolute Gasteiger partial charge is 0.463 e. The molecular formula is C66H77N2O11S+. The molecule has 80 heavy (non-hydrogen) atoms. The third-order valence-corrected chi connectivity index (χ3v) is 15.2. The summed E-state index contributed by atoms with van der Waals surface area (Å²) >= 11 is 1.61. The van der Waals surface area contributed by atoms with Crippen LogP contribution in [0.4, 0.5) is 0 Å². The summed E-state index contributed by atoms with van der Waals surface area (Å²) in [7, 11) is 2.01. The highest BCUT2D eigenvalue weighted by Gasteiger charge is 2.54. The zero-order valence-electron chi connectivity index (χ0n) is 46.0. The van der Waals surface area contributed by atoms with E-state index in [1.807, 2.05) is 200 Å². The van der Waals surface area contributed by atoms with Crippen LogP contribution in [-0.4, -0.2) is 90.1 Å². The fourth-order valence-electron chi connectivity index (χ4n) is 10.0. The van der Waals surface area contributed by atoms with E-state index in [1.54, 1.807) is 11.8 Å². The molecule has 7 aromatic rings. The first-order valence-corrected chi connectivity index (χ1v) is 29.1. The number of aryl methyl sites for hydroxylation is 2. The summed E-state index contributed by atoms with van der Waals surface area (Å²) in [5.74, 6) is 0.405. The van der Waals surface area contributed by atoms with Gasteiger partial charge in [-0.25, -0.2) is 9.13 Å². The number of ether oxygens (including phenoxy) is 10. The molecule has 0 spiro atoms. The molecule has 14 heteroatoms. The Balaban J connectivity index is 1.08. The molecule has 0 unspecified atom stereocenters. The van der Waals surface area contributed by atoms with Crippen molar-refractivity contribution in [3.05, 3.63) is 234 Å². The number of aromatic nitrogens is 2. The second-order valence-electron chi connectivity index (χ2n) is 20.3. The van der Waals surface area contributed by atoms with Crippen LogP contribution in [0.25, 0.3) is 0 Å². The molecule has 0 amide bonds. The molecule has 0 bridgehead atoms. The Morgan fingerprint density at radius 2 is 0.938 bits per heavy atom. The zero-order valence-corrected chi connectivity index (χ0v) is 46.8. The number of benzene rings is 6. The summed E-state index contributed by atoms with van der Waals surface area (Å²) in [5.41, 5.74) is 5.36. The number of carbonyl (C=O) groups is 1. The molecule has 2 fully saturated rings. The Kier molecular flexibility index (Phi) is 23.3. The van der Waals surface area contributed by atoms with Crippen molar-refractivity contribution in [1.29, 1.82) is 0 Å². The Bertz CT molecular complexity index is 2800. The minimum absolute atomic E-state index is 0.108. The minimum atomic E-state index is -1.14. The Morgan fingerprint density at radius 1 is 0.500 bits per heavy atom. The molecule has 2 aliphatic rings. The van der Waals surface area contributed by atoms with E-state index in [0.29, 0.717) is 13.0 Å². The van der Waals surface area contributed by atoms with Crippen molar-refractivity contribution in [2.24, 2.45) is 7.05 Å². The van der Waals surface area contributed by atoms with Crippen LogP contribution in [0, 0.1) is 0 Å². The van der Waals surface area contributed by atoms with Gasteiger partial charge in [-0.3, -0.25) is 4.79 Å². The molecule has 6 aromatic carbocycles. The lowest BCUT2D eigenvalue weighted by Crippen LogP contribution is -2.66. The van der Waals surface area contributed by atoms with Gasteiger partial charge in [0.05, 0.1) is 59.8 Å². The summed E-state index contributed by atoms with van der Waals surface area (Å²) in [6.07, 6.45) is 1.42. The van der Waals surface area contributed by atoms with E-state index in [4.69, 9.17) is 47.4 Å². The summed E-state index contributed by atoms with van der Waals surface area (Å²) in [4.78, 5) is 13.8. The monoisotopic (exact) mass is 1110 g/mol. The molecule has 0 aliphatic carbocycles. The molecule has 3 heterocycles. The molecule has 13 nitrogen and oxygen atoms in total. The topological polar surface area (TPSA) is 118 Å². The zero-order chi connectivity index (χ0) is 55.0. The van der Waals surface area contributed by atoms with Crippen LogP contribution in [0.2, 0.25) is 0 Å². The molecule has 422 valence electrons. The number of imidazole rings is 1. The highest BCUT2D eigenvalue weighted by Crippen LogP contribution is 2.39. The van der Waals surface area contributed by atoms with Gasteiger partial charge in [-0.1, -0.05) is 189 Å². The van der Waals surface area contributed by atoms with Crippen LogP contribution < -0.4 is 4.57 Å². The van der Waals surface area contributed by atoms with Gasteiger partial charge in [0.1, 0.15) is 73.3 Å². The second-order valence-corrected chi connectivity index (χ2v) is 21.6. The SMILES string of the molecule is CCS[C@@H]1O[C@H](COC(=O)CCCCCn2cc[n+](C)c2)[C@@H](O[C@H]2O[C@H](COCc3ccccc3)[C@@H](OCc3ccccc3)[C@H](OCc3ccccc3)[C@@H]2OCc2ccccc2)[C@H](OCc2ccccc2)[C@H]1OCc1ccccc1. The van der Waals surface area contributed by atoms with Crippen LogP contribution in [0.15, 0.2) is 201 Å².